The molecule has 4 aromatic rings. The number of fused-ring (bicyclic) bond motifs is 1. The van der Waals surface area contributed by atoms with Gasteiger partial charge in [-0.05, 0) is 61.5 Å². The van der Waals surface area contributed by atoms with E-state index in [0.29, 0.717) is 18.1 Å². The third-order valence-electron chi connectivity index (χ3n) is 5.59. The van der Waals surface area contributed by atoms with Crippen molar-refractivity contribution in [3.63, 3.8) is 0 Å². The topological polar surface area (TPSA) is 41.4 Å². The molecule has 0 unspecified atom stereocenters. The largest absolute Gasteiger partial charge is 0.368 e. The fourth-order valence-corrected chi connectivity index (χ4v) is 5.29. The van der Waals surface area contributed by atoms with Crippen LogP contribution in [0.15, 0.2) is 54.6 Å². The fraction of sp³-hybridized carbons (Fsp3) is 0.217. The second-order valence-corrected chi connectivity index (χ2v) is 9.46. The zero-order chi connectivity index (χ0) is 21.5. The smallest absolute Gasteiger partial charge is 0.264 e. The van der Waals surface area contributed by atoms with Crippen molar-refractivity contribution < 1.29 is 4.79 Å². The van der Waals surface area contributed by atoms with Crippen molar-refractivity contribution in [1.29, 1.82) is 0 Å². The van der Waals surface area contributed by atoms with Crippen LogP contribution in [0.1, 0.15) is 15.4 Å². The van der Waals surface area contributed by atoms with Crippen molar-refractivity contribution in [3.8, 4) is 5.69 Å². The monoisotopic (exact) mass is 470 g/mol. The Kier molecular flexibility index (Phi) is 5.38. The fourth-order valence-electron chi connectivity index (χ4n) is 3.89. The van der Waals surface area contributed by atoms with Gasteiger partial charge in [0, 0.05) is 47.3 Å². The highest BCUT2D eigenvalue weighted by Crippen LogP contribution is 2.32. The minimum absolute atomic E-state index is 0.0824. The van der Waals surface area contributed by atoms with Gasteiger partial charge in [-0.3, -0.25) is 4.79 Å². The summed E-state index contributed by atoms with van der Waals surface area (Å²) in [6.45, 7) is 4.96. The molecule has 1 aliphatic rings. The average Bonchev–Trinajstić information content (AvgIpc) is 3.35. The second-order valence-electron chi connectivity index (χ2n) is 7.56. The molecule has 1 fully saturated rings. The third-order valence-corrected chi connectivity index (χ3v) is 7.19. The first-order valence-corrected chi connectivity index (χ1v) is 11.6. The van der Waals surface area contributed by atoms with Gasteiger partial charge in [-0.25, -0.2) is 4.68 Å². The number of hydrogen-bond acceptors (Lipinski definition) is 4. The van der Waals surface area contributed by atoms with Crippen LogP contribution in [0.4, 0.5) is 5.69 Å². The molecule has 1 aliphatic heterocycles. The molecule has 0 N–H and O–H groups in total. The Morgan fingerprint density at radius 1 is 0.903 bits per heavy atom. The van der Waals surface area contributed by atoms with E-state index < -0.39 is 0 Å². The molecule has 0 aliphatic carbocycles. The number of anilines is 1. The van der Waals surface area contributed by atoms with E-state index in [9.17, 15) is 4.79 Å². The molecule has 0 bridgehead atoms. The van der Waals surface area contributed by atoms with E-state index in [0.717, 1.165) is 50.3 Å². The van der Waals surface area contributed by atoms with Gasteiger partial charge < -0.3 is 9.80 Å². The Bertz CT molecular complexity index is 1240. The van der Waals surface area contributed by atoms with Crippen LogP contribution >= 0.6 is 34.5 Å². The number of aryl methyl sites for hydroxylation is 1. The van der Waals surface area contributed by atoms with E-state index in [1.165, 1.54) is 11.3 Å². The SMILES string of the molecule is Cc1nn(-c2ccc(Cl)cc2)c2sc(C(=O)N3CCN(c4ccc(Cl)cc4)CC3)cc12. The lowest BCUT2D eigenvalue weighted by Crippen LogP contribution is -2.48. The maximum atomic E-state index is 13.2. The number of carbonyl (C=O) groups is 1. The van der Waals surface area contributed by atoms with Crippen molar-refractivity contribution in [1.82, 2.24) is 14.7 Å². The van der Waals surface area contributed by atoms with E-state index in [1.54, 1.807) is 0 Å². The number of nitrogens with zero attached hydrogens (tertiary/aromatic N) is 4. The van der Waals surface area contributed by atoms with Crippen molar-refractivity contribution in [2.75, 3.05) is 31.1 Å². The molecular weight excluding hydrogens is 451 g/mol. The molecule has 0 atom stereocenters. The van der Waals surface area contributed by atoms with Gasteiger partial charge in [-0.1, -0.05) is 23.2 Å². The van der Waals surface area contributed by atoms with Crippen molar-refractivity contribution in [2.24, 2.45) is 0 Å². The molecule has 8 heteroatoms. The van der Waals surface area contributed by atoms with Gasteiger partial charge in [0.25, 0.3) is 5.91 Å². The molecule has 31 heavy (non-hydrogen) atoms. The minimum atomic E-state index is 0.0824. The van der Waals surface area contributed by atoms with Crippen LogP contribution in [0.5, 0.6) is 0 Å². The lowest BCUT2D eigenvalue weighted by atomic mass is 10.2. The first-order valence-electron chi connectivity index (χ1n) is 10.0. The number of amides is 1. The first kappa shape index (κ1) is 20.4. The Morgan fingerprint density at radius 3 is 2.10 bits per heavy atom. The van der Waals surface area contributed by atoms with Crippen molar-refractivity contribution in [2.45, 2.75) is 6.92 Å². The highest BCUT2D eigenvalue weighted by atomic mass is 35.5. The standard InChI is InChI=1S/C23H20Cl2N4OS/c1-15-20-14-21(31-23(20)29(26-15)19-8-4-17(25)5-9-19)22(30)28-12-10-27(11-13-28)18-6-2-16(24)3-7-18/h2-9,14H,10-13H2,1H3. The summed E-state index contributed by atoms with van der Waals surface area (Å²) in [5, 5.41) is 7.09. The number of piperazine rings is 1. The molecule has 158 valence electrons. The molecule has 3 heterocycles. The minimum Gasteiger partial charge on any atom is -0.368 e. The van der Waals surface area contributed by atoms with E-state index in [2.05, 4.69) is 10.00 Å². The van der Waals surface area contributed by atoms with Crippen molar-refractivity contribution in [3.05, 3.63) is 75.2 Å². The van der Waals surface area contributed by atoms with Crippen LogP contribution in [0.2, 0.25) is 10.0 Å². The molecule has 2 aromatic heterocycles. The highest BCUT2D eigenvalue weighted by Gasteiger charge is 2.25. The molecule has 1 amide bonds. The van der Waals surface area contributed by atoms with Gasteiger partial charge in [-0.2, -0.15) is 5.10 Å². The molecule has 1 saturated heterocycles. The van der Waals surface area contributed by atoms with E-state index in [1.807, 2.05) is 71.1 Å². The van der Waals surface area contributed by atoms with Gasteiger partial charge in [0.2, 0.25) is 0 Å². The van der Waals surface area contributed by atoms with E-state index >= 15 is 0 Å². The highest BCUT2D eigenvalue weighted by molar-refractivity contribution is 7.20. The summed E-state index contributed by atoms with van der Waals surface area (Å²) in [7, 11) is 0. The second kappa shape index (κ2) is 8.19. The molecule has 0 radical (unpaired) electrons. The van der Waals surface area contributed by atoms with E-state index in [-0.39, 0.29) is 5.91 Å². The summed E-state index contributed by atoms with van der Waals surface area (Å²) in [5.74, 6) is 0.0824. The van der Waals surface area contributed by atoms with Crippen LogP contribution in [0.3, 0.4) is 0 Å². The molecule has 5 nitrogen and oxygen atoms in total. The molecule has 0 spiro atoms. The van der Waals surface area contributed by atoms with Gasteiger partial charge >= 0.3 is 0 Å². The normalized spacial score (nSPS) is 14.4. The molecule has 2 aromatic carbocycles. The summed E-state index contributed by atoms with van der Waals surface area (Å²) in [6, 6.07) is 17.4. The Hall–Kier alpha value is -2.54. The van der Waals surface area contributed by atoms with Gasteiger partial charge in [0.05, 0.1) is 16.3 Å². The Labute approximate surface area is 194 Å². The predicted octanol–water partition coefficient (Wildman–Crippen LogP) is 5.66. The molecule has 5 rings (SSSR count). The van der Waals surface area contributed by atoms with Gasteiger partial charge in [0.15, 0.2) is 0 Å². The van der Waals surface area contributed by atoms with Gasteiger partial charge in [-0.15, -0.1) is 11.3 Å². The summed E-state index contributed by atoms with van der Waals surface area (Å²) in [4.78, 5) is 19.2. The maximum Gasteiger partial charge on any atom is 0.264 e. The number of halogens is 2. The number of carbonyl (C=O) groups excluding carboxylic acids is 1. The number of benzene rings is 2. The molecular formula is C23H20Cl2N4OS. The lowest BCUT2D eigenvalue weighted by Gasteiger charge is -2.36. The number of aromatic nitrogens is 2. The quantitative estimate of drug-likeness (QED) is 0.387. The van der Waals surface area contributed by atoms with Crippen LogP contribution in [-0.4, -0.2) is 46.8 Å². The third kappa shape index (κ3) is 3.91. The number of rotatable bonds is 3. The molecule has 0 saturated carbocycles. The van der Waals surface area contributed by atoms with Crippen molar-refractivity contribution >= 4 is 56.3 Å². The summed E-state index contributed by atoms with van der Waals surface area (Å²) in [5.41, 5.74) is 2.98. The Balaban J connectivity index is 1.35. The predicted molar refractivity (Wildman–Crippen MR) is 128 cm³/mol. The van der Waals surface area contributed by atoms with Crippen LogP contribution in [-0.2, 0) is 0 Å². The summed E-state index contributed by atoms with van der Waals surface area (Å²) >= 11 is 13.5. The zero-order valence-corrected chi connectivity index (χ0v) is 19.2. The first-order chi connectivity index (χ1) is 15.0. The lowest BCUT2D eigenvalue weighted by molar-refractivity contribution is 0.0751. The summed E-state index contributed by atoms with van der Waals surface area (Å²) in [6.07, 6.45) is 0. The zero-order valence-electron chi connectivity index (χ0n) is 16.9. The average molecular weight is 471 g/mol. The maximum absolute atomic E-state index is 13.2. The van der Waals surface area contributed by atoms with Crippen LogP contribution in [0.25, 0.3) is 15.9 Å². The Morgan fingerprint density at radius 2 is 1.48 bits per heavy atom. The van der Waals surface area contributed by atoms with Gasteiger partial charge in [0.1, 0.15) is 4.83 Å². The summed E-state index contributed by atoms with van der Waals surface area (Å²) < 4.78 is 1.89. The number of thiophene rings is 1. The van der Waals surface area contributed by atoms with E-state index in [4.69, 9.17) is 23.2 Å². The van der Waals surface area contributed by atoms with Crippen LogP contribution < -0.4 is 4.90 Å². The van der Waals surface area contributed by atoms with Crippen LogP contribution in [0, 0.1) is 6.92 Å². The number of hydrogen-bond donors (Lipinski definition) is 0.